The van der Waals surface area contributed by atoms with E-state index in [1.54, 1.807) is 32.1 Å². The fourth-order valence-corrected chi connectivity index (χ4v) is 3.47. The topological polar surface area (TPSA) is 54.5 Å². The van der Waals surface area contributed by atoms with Crippen molar-refractivity contribution >= 4 is 31.9 Å². The van der Waals surface area contributed by atoms with Crippen LogP contribution in [0.1, 0.15) is 33.3 Å². The van der Waals surface area contributed by atoms with Gasteiger partial charge in [0, 0.05) is 0 Å². The van der Waals surface area contributed by atoms with E-state index in [4.69, 9.17) is 0 Å². The van der Waals surface area contributed by atoms with Gasteiger partial charge in [0.25, 0.3) is 15.9 Å². The highest BCUT2D eigenvalue weighted by Gasteiger charge is 2.36. The highest BCUT2D eigenvalue weighted by atomic mass is 79.9. The van der Waals surface area contributed by atoms with E-state index in [2.05, 4.69) is 15.9 Å². The quantitative estimate of drug-likeness (QED) is 0.572. The molecular formula is C16H22BrNO3S. The zero-order valence-corrected chi connectivity index (χ0v) is 16.0. The summed E-state index contributed by atoms with van der Waals surface area (Å²) < 4.78 is 25.6. The average molecular weight is 388 g/mol. The third-order valence-electron chi connectivity index (χ3n) is 3.01. The fraction of sp³-hybridized carbons (Fsp3) is 0.438. The fourth-order valence-electron chi connectivity index (χ4n) is 1.69. The lowest BCUT2D eigenvalue weighted by molar-refractivity contribution is -0.127. The predicted molar refractivity (Wildman–Crippen MR) is 92.5 cm³/mol. The summed E-state index contributed by atoms with van der Waals surface area (Å²) in [7, 11) is -3.89. The Balaban J connectivity index is 3.33. The van der Waals surface area contributed by atoms with Crippen LogP contribution < -0.4 is 0 Å². The summed E-state index contributed by atoms with van der Waals surface area (Å²) in [4.78, 5) is 12.7. The lowest BCUT2D eigenvalue weighted by Crippen LogP contribution is -2.45. The number of hydrogen-bond acceptors (Lipinski definition) is 3. The Bertz CT molecular complexity index is 666. The van der Waals surface area contributed by atoms with E-state index in [1.807, 2.05) is 20.8 Å². The van der Waals surface area contributed by atoms with Crippen molar-refractivity contribution in [2.45, 2.75) is 43.8 Å². The number of amides is 1. The van der Waals surface area contributed by atoms with Crippen molar-refractivity contribution in [1.82, 2.24) is 4.31 Å². The number of hydrogen-bond donors (Lipinski definition) is 0. The molecule has 1 aromatic carbocycles. The summed E-state index contributed by atoms with van der Waals surface area (Å²) in [6, 6.07) is 6.48. The Hall–Kier alpha value is -1.14. The number of sulfonamides is 1. The first-order chi connectivity index (χ1) is 9.96. The molecule has 0 unspecified atom stereocenters. The molecule has 0 fully saturated rings. The average Bonchev–Trinajstić information content (AvgIpc) is 2.37. The van der Waals surface area contributed by atoms with Crippen LogP contribution in [-0.2, 0) is 14.8 Å². The Morgan fingerprint density at radius 2 is 1.73 bits per heavy atom. The van der Waals surface area contributed by atoms with Gasteiger partial charge in [0.05, 0.1) is 15.8 Å². The van der Waals surface area contributed by atoms with E-state index < -0.39 is 20.3 Å². The maximum absolute atomic E-state index is 12.8. The van der Waals surface area contributed by atoms with Crippen molar-refractivity contribution in [2.75, 3.05) is 6.54 Å². The maximum atomic E-state index is 12.8. The van der Waals surface area contributed by atoms with E-state index in [0.29, 0.717) is 0 Å². The summed E-state index contributed by atoms with van der Waals surface area (Å²) >= 11 is 3.25. The van der Waals surface area contributed by atoms with Gasteiger partial charge < -0.3 is 0 Å². The van der Waals surface area contributed by atoms with Gasteiger partial charge in [-0.3, -0.25) is 4.79 Å². The first-order valence-corrected chi connectivity index (χ1v) is 9.15. The van der Waals surface area contributed by atoms with E-state index in [0.717, 1.165) is 15.4 Å². The van der Waals surface area contributed by atoms with E-state index in [-0.39, 0.29) is 11.4 Å². The molecule has 6 heteroatoms. The van der Waals surface area contributed by atoms with Crippen LogP contribution in [0.25, 0.3) is 0 Å². The van der Waals surface area contributed by atoms with Gasteiger partial charge in [0.2, 0.25) is 0 Å². The van der Waals surface area contributed by atoms with Crippen LogP contribution in [0.5, 0.6) is 0 Å². The van der Waals surface area contributed by atoms with Crippen LogP contribution in [0.2, 0.25) is 0 Å². The largest absolute Gasteiger partial charge is 0.272 e. The summed E-state index contributed by atoms with van der Waals surface area (Å²) in [5.41, 5.74) is 1.91. The van der Waals surface area contributed by atoms with E-state index >= 15 is 0 Å². The highest BCUT2D eigenvalue weighted by molar-refractivity contribution is 9.10. The third-order valence-corrected chi connectivity index (χ3v) is 5.11. The van der Waals surface area contributed by atoms with Crippen LogP contribution in [0.15, 0.2) is 40.8 Å². The van der Waals surface area contributed by atoms with E-state index in [9.17, 15) is 13.2 Å². The van der Waals surface area contributed by atoms with Crippen molar-refractivity contribution in [1.29, 1.82) is 0 Å². The number of carbonyl (C=O) groups is 1. The summed E-state index contributed by atoms with van der Waals surface area (Å²) in [6.45, 7) is 8.89. The molecule has 1 aromatic rings. The molecule has 0 aliphatic carbocycles. The molecule has 0 aliphatic heterocycles. The van der Waals surface area contributed by atoms with Gasteiger partial charge in [0.15, 0.2) is 0 Å². The van der Waals surface area contributed by atoms with Crippen LogP contribution >= 0.6 is 15.9 Å². The summed E-state index contributed by atoms with van der Waals surface area (Å²) in [5, 5.41) is 0. The van der Waals surface area contributed by atoms with Crippen LogP contribution in [0.3, 0.4) is 0 Å². The SMILES string of the molecule is CC(C)=CCN(C(=O)C(C)(C)Br)S(=O)(=O)c1ccc(C)cc1. The number of aryl methyl sites for hydroxylation is 1. The second-order valence-electron chi connectivity index (χ2n) is 5.91. The van der Waals surface area contributed by atoms with Crippen LogP contribution in [-0.4, -0.2) is 29.5 Å². The number of nitrogens with zero attached hydrogens (tertiary/aromatic N) is 1. The van der Waals surface area contributed by atoms with Gasteiger partial charge in [-0.15, -0.1) is 0 Å². The first-order valence-electron chi connectivity index (χ1n) is 6.92. The normalized spacial score (nSPS) is 11.9. The van der Waals surface area contributed by atoms with Crippen molar-refractivity contribution in [2.24, 2.45) is 0 Å². The molecule has 0 saturated heterocycles. The number of benzene rings is 1. The third kappa shape index (κ3) is 4.68. The standard InChI is InChI=1S/C16H22BrNO3S/c1-12(2)10-11-18(15(19)16(4,5)17)22(20,21)14-8-6-13(3)7-9-14/h6-10H,11H2,1-5H3. The predicted octanol–water partition coefficient (Wildman–Crippen LogP) is 3.65. The van der Waals surface area contributed by atoms with E-state index in [1.165, 1.54) is 12.1 Å². The Morgan fingerprint density at radius 3 is 2.14 bits per heavy atom. The van der Waals surface area contributed by atoms with Gasteiger partial charge in [-0.05, 0) is 46.8 Å². The molecule has 0 saturated carbocycles. The molecule has 1 amide bonds. The second-order valence-corrected chi connectivity index (χ2v) is 9.75. The lowest BCUT2D eigenvalue weighted by Gasteiger charge is -2.27. The van der Waals surface area contributed by atoms with Gasteiger partial charge in [0.1, 0.15) is 0 Å². The van der Waals surface area contributed by atoms with Crippen molar-refractivity contribution in [3.05, 3.63) is 41.5 Å². The molecule has 0 aromatic heterocycles. The van der Waals surface area contributed by atoms with Gasteiger partial charge in [-0.1, -0.05) is 45.3 Å². The second kappa shape index (κ2) is 6.96. The minimum Gasteiger partial charge on any atom is -0.272 e. The minimum absolute atomic E-state index is 0.0202. The number of carbonyl (C=O) groups excluding carboxylic acids is 1. The molecule has 0 radical (unpaired) electrons. The van der Waals surface area contributed by atoms with Gasteiger partial charge >= 0.3 is 0 Å². The monoisotopic (exact) mass is 387 g/mol. The van der Waals surface area contributed by atoms with Gasteiger partial charge in [-0.25, -0.2) is 12.7 Å². The van der Waals surface area contributed by atoms with Crippen LogP contribution in [0, 0.1) is 6.92 Å². The molecule has 1 rings (SSSR count). The maximum Gasteiger partial charge on any atom is 0.266 e. The minimum atomic E-state index is -3.89. The molecule has 4 nitrogen and oxygen atoms in total. The summed E-state index contributed by atoms with van der Waals surface area (Å²) in [5.74, 6) is -0.495. The molecule has 0 bridgehead atoms. The zero-order valence-electron chi connectivity index (χ0n) is 13.6. The Labute approximate surface area is 141 Å². The number of halogens is 1. The molecule has 0 N–H and O–H groups in total. The molecule has 22 heavy (non-hydrogen) atoms. The van der Waals surface area contributed by atoms with Gasteiger partial charge in [-0.2, -0.15) is 0 Å². The highest BCUT2D eigenvalue weighted by Crippen LogP contribution is 2.25. The lowest BCUT2D eigenvalue weighted by atomic mass is 10.2. The van der Waals surface area contributed by atoms with Crippen molar-refractivity contribution in [3.63, 3.8) is 0 Å². The number of rotatable bonds is 5. The molecule has 0 aliphatic rings. The van der Waals surface area contributed by atoms with Crippen molar-refractivity contribution in [3.8, 4) is 0 Å². The molecule has 0 spiro atoms. The van der Waals surface area contributed by atoms with Crippen molar-refractivity contribution < 1.29 is 13.2 Å². The summed E-state index contributed by atoms with van der Waals surface area (Å²) in [6.07, 6.45) is 1.72. The Kier molecular flexibility index (Phi) is 5.98. The smallest absolute Gasteiger partial charge is 0.266 e. The molecule has 122 valence electrons. The Morgan fingerprint density at radius 1 is 1.23 bits per heavy atom. The number of alkyl halides is 1. The molecule has 0 atom stereocenters. The zero-order chi connectivity index (χ0) is 17.1. The molecular weight excluding hydrogens is 366 g/mol. The first kappa shape index (κ1) is 18.9. The molecule has 0 heterocycles. The van der Waals surface area contributed by atoms with Crippen LogP contribution in [0.4, 0.5) is 0 Å². The number of allylic oxidation sites excluding steroid dienone is 1.